The molecule has 1 N–H and O–H groups in total. The van der Waals surface area contributed by atoms with Crippen LogP contribution in [0.25, 0.3) is 0 Å². The second kappa shape index (κ2) is 8.11. The van der Waals surface area contributed by atoms with Gasteiger partial charge in [-0.25, -0.2) is 4.98 Å². The number of hydrogen-bond donors (Lipinski definition) is 1. The molecule has 1 aromatic heterocycles. The number of methoxy groups -OCH3 is 2. The van der Waals surface area contributed by atoms with Crippen molar-refractivity contribution in [1.82, 2.24) is 9.55 Å². The molecule has 0 saturated heterocycles. The lowest BCUT2D eigenvalue weighted by Gasteiger charge is -2.13. The van der Waals surface area contributed by atoms with Crippen molar-refractivity contribution >= 4 is 5.95 Å². The predicted molar refractivity (Wildman–Crippen MR) is 73.0 cm³/mol. The minimum absolute atomic E-state index is 0.472. The first-order valence-electron chi connectivity index (χ1n) is 6.43. The average molecular weight is 255 g/mol. The van der Waals surface area contributed by atoms with E-state index in [1.807, 2.05) is 6.92 Å². The minimum Gasteiger partial charge on any atom is -0.385 e. The Morgan fingerprint density at radius 3 is 2.83 bits per heavy atom. The van der Waals surface area contributed by atoms with Crippen LogP contribution in [0.5, 0.6) is 0 Å². The number of nitrogens with one attached hydrogen (secondary N) is 1. The predicted octanol–water partition coefficient (Wildman–Crippen LogP) is 1.92. The molecule has 0 radical (unpaired) electrons. The molecular formula is C13H25N3O2. The molecule has 0 aliphatic rings. The number of ether oxygens (including phenoxy) is 2. The first-order valence-corrected chi connectivity index (χ1v) is 6.43. The van der Waals surface area contributed by atoms with Gasteiger partial charge in [0.15, 0.2) is 0 Å². The molecule has 104 valence electrons. The number of aromatic nitrogens is 2. The van der Waals surface area contributed by atoms with Gasteiger partial charge in [0.05, 0.1) is 12.3 Å². The first-order chi connectivity index (χ1) is 8.67. The van der Waals surface area contributed by atoms with Crippen LogP contribution in [0.1, 0.15) is 19.0 Å². The summed E-state index contributed by atoms with van der Waals surface area (Å²) in [6, 6.07) is 0. The number of imidazole rings is 1. The summed E-state index contributed by atoms with van der Waals surface area (Å²) in [6.45, 7) is 7.50. The number of anilines is 1. The van der Waals surface area contributed by atoms with Crippen molar-refractivity contribution in [2.45, 2.75) is 26.8 Å². The summed E-state index contributed by atoms with van der Waals surface area (Å²) >= 11 is 0. The van der Waals surface area contributed by atoms with Crippen LogP contribution in [0, 0.1) is 12.8 Å². The third-order valence-electron chi connectivity index (χ3n) is 2.70. The zero-order valence-electron chi connectivity index (χ0n) is 11.9. The van der Waals surface area contributed by atoms with Crippen molar-refractivity contribution < 1.29 is 9.47 Å². The van der Waals surface area contributed by atoms with Crippen molar-refractivity contribution in [2.24, 2.45) is 5.92 Å². The lowest BCUT2D eigenvalue weighted by molar-refractivity contribution is 0.164. The van der Waals surface area contributed by atoms with Gasteiger partial charge in [-0.1, -0.05) is 6.92 Å². The fourth-order valence-electron chi connectivity index (χ4n) is 1.85. The molecule has 0 saturated carbocycles. The summed E-state index contributed by atoms with van der Waals surface area (Å²) in [7, 11) is 3.46. The molecule has 0 bridgehead atoms. The molecular weight excluding hydrogens is 230 g/mol. The fourth-order valence-corrected chi connectivity index (χ4v) is 1.85. The van der Waals surface area contributed by atoms with Gasteiger partial charge in [0, 0.05) is 40.1 Å². The maximum Gasteiger partial charge on any atom is 0.203 e. The van der Waals surface area contributed by atoms with Gasteiger partial charge in [-0.15, -0.1) is 0 Å². The Morgan fingerprint density at radius 2 is 2.17 bits per heavy atom. The third-order valence-corrected chi connectivity index (χ3v) is 2.70. The first kappa shape index (κ1) is 15.0. The van der Waals surface area contributed by atoms with Gasteiger partial charge in [0.2, 0.25) is 5.95 Å². The normalized spacial score (nSPS) is 12.7. The maximum atomic E-state index is 5.12. The fraction of sp³-hybridized carbons (Fsp3) is 0.769. The quantitative estimate of drug-likeness (QED) is 0.685. The Kier molecular flexibility index (Phi) is 6.75. The number of hydrogen-bond acceptors (Lipinski definition) is 4. The van der Waals surface area contributed by atoms with Gasteiger partial charge >= 0.3 is 0 Å². The zero-order valence-corrected chi connectivity index (χ0v) is 11.9. The van der Waals surface area contributed by atoms with Crippen LogP contribution >= 0.6 is 0 Å². The van der Waals surface area contributed by atoms with E-state index in [-0.39, 0.29) is 0 Å². The number of aryl methyl sites for hydroxylation is 2. The Morgan fingerprint density at radius 1 is 1.39 bits per heavy atom. The summed E-state index contributed by atoms with van der Waals surface area (Å²) in [5.74, 6) is 1.41. The third kappa shape index (κ3) is 5.06. The highest BCUT2D eigenvalue weighted by molar-refractivity contribution is 5.28. The molecule has 5 heteroatoms. The van der Waals surface area contributed by atoms with Crippen LogP contribution in [0.4, 0.5) is 5.95 Å². The molecule has 5 nitrogen and oxygen atoms in total. The standard InChI is InChI=1S/C13H25N3O2/c1-11(10-18-4)8-14-13-15-12(2)9-16(13)6-5-7-17-3/h9,11H,5-8,10H2,1-4H3,(H,14,15). The molecule has 0 amide bonds. The van der Waals surface area contributed by atoms with Gasteiger partial charge in [-0.3, -0.25) is 0 Å². The largest absolute Gasteiger partial charge is 0.385 e. The SMILES string of the molecule is COCCCn1cc(C)nc1NCC(C)COC. The lowest BCUT2D eigenvalue weighted by Crippen LogP contribution is -2.18. The Bertz CT molecular complexity index is 339. The minimum atomic E-state index is 0.472. The van der Waals surface area contributed by atoms with Crippen LogP contribution in [-0.4, -0.2) is 43.5 Å². The van der Waals surface area contributed by atoms with Gasteiger partial charge in [-0.05, 0) is 19.3 Å². The van der Waals surface area contributed by atoms with Crippen LogP contribution in [-0.2, 0) is 16.0 Å². The van der Waals surface area contributed by atoms with E-state index in [0.29, 0.717) is 5.92 Å². The van der Waals surface area contributed by atoms with Crippen LogP contribution in [0.15, 0.2) is 6.20 Å². The van der Waals surface area contributed by atoms with Gasteiger partial charge in [0.1, 0.15) is 0 Å². The topological polar surface area (TPSA) is 48.3 Å². The highest BCUT2D eigenvalue weighted by atomic mass is 16.5. The molecule has 1 atom stereocenters. The Labute approximate surface area is 109 Å². The van der Waals surface area contributed by atoms with Crippen molar-refractivity contribution in [2.75, 3.05) is 39.3 Å². The van der Waals surface area contributed by atoms with E-state index >= 15 is 0 Å². The maximum absolute atomic E-state index is 5.12. The van der Waals surface area contributed by atoms with Crippen LogP contribution in [0.3, 0.4) is 0 Å². The van der Waals surface area contributed by atoms with Gasteiger partial charge in [-0.2, -0.15) is 0 Å². The molecule has 1 aromatic rings. The van der Waals surface area contributed by atoms with Crippen molar-refractivity contribution in [3.8, 4) is 0 Å². The summed E-state index contributed by atoms with van der Waals surface area (Å²) in [4.78, 5) is 4.49. The van der Waals surface area contributed by atoms with Gasteiger partial charge < -0.3 is 19.4 Å². The molecule has 0 aliphatic heterocycles. The second-order valence-corrected chi connectivity index (χ2v) is 4.69. The van der Waals surface area contributed by atoms with Crippen LogP contribution < -0.4 is 5.32 Å². The summed E-state index contributed by atoms with van der Waals surface area (Å²) in [6.07, 6.45) is 3.06. The highest BCUT2D eigenvalue weighted by Crippen LogP contribution is 2.10. The van der Waals surface area contributed by atoms with E-state index in [4.69, 9.17) is 9.47 Å². The summed E-state index contributed by atoms with van der Waals surface area (Å²) in [5, 5.41) is 3.38. The lowest BCUT2D eigenvalue weighted by atomic mass is 10.2. The highest BCUT2D eigenvalue weighted by Gasteiger charge is 2.07. The van der Waals surface area contributed by atoms with E-state index < -0.39 is 0 Å². The van der Waals surface area contributed by atoms with Crippen molar-refractivity contribution in [1.29, 1.82) is 0 Å². The van der Waals surface area contributed by atoms with Crippen molar-refractivity contribution in [3.63, 3.8) is 0 Å². The Hall–Kier alpha value is -1.07. The van der Waals surface area contributed by atoms with E-state index in [9.17, 15) is 0 Å². The number of rotatable bonds is 9. The number of nitrogens with zero attached hydrogens (tertiary/aromatic N) is 2. The second-order valence-electron chi connectivity index (χ2n) is 4.69. The average Bonchev–Trinajstić information content (AvgIpc) is 2.68. The zero-order chi connectivity index (χ0) is 13.4. The van der Waals surface area contributed by atoms with E-state index in [1.54, 1.807) is 14.2 Å². The Balaban J connectivity index is 2.47. The van der Waals surface area contributed by atoms with E-state index in [1.165, 1.54) is 0 Å². The molecule has 1 unspecified atom stereocenters. The van der Waals surface area contributed by atoms with Gasteiger partial charge in [0.25, 0.3) is 0 Å². The van der Waals surface area contributed by atoms with Crippen LogP contribution in [0.2, 0.25) is 0 Å². The van der Waals surface area contributed by atoms with E-state index in [2.05, 4.69) is 28.0 Å². The molecule has 18 heavy (non-hydrogen) atoms. The summed E-state index contributed by atoms with van der Waals surface area (Å²) < 4.78 is 12.3. The molecule has 1 rings (SSSR count). The summed E-state index contributed by atoms with van der Waals surface area (Å²) in [5.41, 5.74) is 1.04. The monoisotopic (exact) mass is 255 g/mol. The van der Waals surface area contributed by atoms with E-state index in [0.717, 1.165) is 44.4 Å². The molecule has 0 fully saturated rings. The molecule has 1 heterocycles. The molecule has 0 aromatic carbocycles. The molecule has 0 aliphatic carbocycles. The smallest absolute Gasteiger partial charge is 0.203 e. The molecule has 0 spiro atoms. The van der Waals surface area contributed by atoms with Crippen molar-refractivity contribution in [3.05, 3.63) is 11.9 Å².